The molecule has 0 aliphatic carbocycles. The van der Waals surface area contributed by atoms with Crippen LogP contribution in [0, 0.1) is 11.8 Å². The van der Waals surface area contributed by atoms with Crippen molar-refractivity contribution in [1.82, 2.24) is 4.90 Å². The Bertz CT molecular complexity index is 265. The first-order valence-electron chi connectivity index (χ1n) is 6.14. The zero-order chi connectivity index (χ0) is 14.5. The van der Waals surface area contributed by atoms with Crippen molar-refractivity contribution in [2.75, 3.05) is 13.1 Å². The number of halogens is 3. The second kappa shape index (κ2) is 6.97. The third-order valence-corrected chi connectivity index (χ3v) is 2.31. The molecule has 6 heteroatoms. The number of carbonyl (C=O) groups excluding carboxylic acids is 1. The van der Waals surface area contributed by atoms with E-state index in [1.54, 1.807) is 13.8 Å². The van der Waals surface area contributed by atoms with Crippen LogP contribution < -0.4 is 5.73 Å². The average molecular weight is 268 g/mol. The molecule has 0 aromatic heterocycles. The maximum Gasteiger partial charge on any atom is 0.406 e. The fourth-order valence-corrected chi connectivity index (χ4v) is 1.73. The molecule has 0 saturated heterocycles. The van der Waals surface area contributed by atoms with Crippen molar-refractivity contribution in [3.05, 3.63) is 0 Å². The van der Waals surface area contributed by atoms with Crippen molar-refractivity contribution in [2.45, 2.75) is 46.3 Å². The Morgan fingerprint density at radius 3 is 2.00 bits per heavy atom. The van der Waals surface area contributed by atoms with Gasteiger partial charge in [0, 0.05) is 6.54 Å². The van der Waals surface area contributed by atoms with Crippen LogP contribution in [0.4, 0.5) is 13.2 Å². The molecular weight excluding hydrogens is 245 g/mol. The lowest BCUT2D eigenvalue weighted by Crippen LogP contribution is -2.49. The summed E-state index contributed by atoms with van der Waals surface area (Å²) in [5.74, 6) is -0.465. The summed E-state index contributed by atoms with van der Waals surface area (Å²) in [5.41, 5.74) is 5.66. The first kappa shape index (κ1) is 17.2. The molecule has 3 nitrogen and oxygen atoms in total. The Kier molecular flexibility index (Phi) is 6.67. The third kappa shape index (κ3) is 7.53. The fraction of sp³-hybridized carbons (Fsp3) is 0.917. The lowest BCUT2D eigenvalue weighted by molar-refractivity contribution is -0.163. The molecule has 1 amide bonds. The largest absolute Gasteiger partial charge is 0.406 e. The van der Waals surface area contributed by atoms with Crippen LogP contribution in [-0.4, -0.2) is 36.1 Å². The van der Waals surface area contributed by atoms with Crippen molar-refractivity contribution >= 4 is 5.91 Å². The average Bonchev–Trinajstić information content (AvgIpc) is 2.11. The van der Waals surface area contributed by atoms with Gasteiger partial charge in [-0.1, -0.05) is 27.7 Å². The summed E-state index contributed by atoms with van der Waals surface area (Å²) in [6.45, 7) is 6.14. The highest BCUT2D eigenvalue weighted by atomic mass is 19.4. The van der Waals surface area contributed by atoms with Crippen LogP contribution in [0.5, 0.6) is 0 Å². The molecule has 0 spiro atoms. The van der Waals surface area contributed by atoms with E-state index in [0.29, 0.717) is 6.42 Å². The minimum atomic E-state index is -4.39. The summed E-state index contributed by atoms with van der Waals surface area (Å²) < 4.78 is 37.2. The molecule has 1 unspecified atom stereocenters. The van der Waals surface area contributed by atoms with E-state index in [1.165, 1.54) is 0 Å². The van der Waals surface area contributed by atoms with Gasteiger partial charge in [0.2, 0.25) is 5.91 Å². The predicted octanol–water partition coefficient (Wildman–Crippen LogP) is 2.41. The van der Waals surface area contributed by atoms with Gasteiger partial charge in [-0.3, -0.25) is 4.79 Å². The minimum Gasteiger partial charge on any atom is -0.332 e. The Morgan fingerprint density at radius 1 is 1.17 bits per heavy atom. The topological polar surface area (TPSA) is 46.3 Å². The Morgan fingerprint density at radius 2 is 1.67 bits per heavy atom. The van der Waals surface area contributed by atoms with E-state index in [1.807, 2.05) is 13.8 Å². The van der Waals surface area contributed by atoms with Crippen molar-refractivity contribution < 1.29 is 18.0 Å². The summed E-state index contributed by atoms with van der Waals surface area (Å²) in [4.78, 5) is 12.7. The van der Waals surface area contributed by atoms with Gasteiger partial charge >= 0.3 is 6.18 Å². The molecule has 0 aromatic carbocycles. The van der Waals surface area contributed by atoms with Gasteiger partial charge < -0.3 is 10.6 Å². The Hall–Kier alpha value is -0.780. The molecule has 0 rings (SSSR count). The number of carbonyl (C=O) groups is 1. The summed E-state index contributed by atoms with van der Waals surface area (Å²) in [6, 6.07) is -0.855. The van der Waals surface area contributed by atoms with E-state index in [-0.39, 0.29) is 18.4 Å². The van der Waals surface area contributed by atoms with Crippen molar-refractivity contribution in [1.29, 1.82) is 0 Å². The van der Waals surface area contributed by atoms with Gasteiger partial charge in [-0.2, -0.15) is 13.2 Å². The van der Waals surface area contributed by atoms with Crippen molar-refractivity contribution in [3.8, 4) is 0 Å². The van der Waals surface area contributed by atoms with Gasteiger partial charge in [0.05, 0.1) is 6.04 Å². The number of amides is 1. The van der Waals surface area contributed by atoms with Crippen LogP contribution in [0.1, 0.15) is 34.1 Å². The first-order chi connectivity index (χ1) is 8.03. The standard InChI is InChI=1S/C12H23F3N2O/c1-8(2)5-10(16)11(18)17(6-9(3)4)7-12(13,14)15/h8-10H,5-7,16H2,1-4H3. The van der Waals surface area contributed by atoms with Crippen LogP contribution in [0.2, 0.25) is 0 Å². The lowest BCUT2D eigenvalue weighted by atomic mass is 10.0. The number of hydrogen-bond donors (Lipinski definition) is 1. The molecular formula is C12H23F3N2O. The Balaban J connectivity index is 4.68. The van der Waals surface area contributed by atoms with E-state index in [2.05, 4.69) is 0 Å². The summed E-state index contributed by atoms with van der Waals surface area (Å²) in [5, 5.41) is 0. The zero-order valence-corrected chi connectivity index (χ0v) is 11.4. The van der Waals surface area contributed by atoms with E-state index in [4.69, 9.17) is 5.73 Å². The SMILES string of the molecule is CC(C)CC(N)C(=O)N(CC(C)C)CC(F)(F)F. The van der Waals surface area contributed by atoms with E-state index >= 15 is 0 Å². The molecule has 0 aromatic rings. The van der Waals surface area contributed by atoms with Crippen LogP contribution >= 0.6 is 0 Å². The third-order valence-electron chi connectivity index (χ3n) is 2.31. The quantitative estimate of drug-likeness (QED) is 0.804. The summed E-state index contributed by atoms with van der Waals surface area (Å²) >= 11 is 0. The molecule has 0 saturated carbocycles. The number of nitrogens with zero attached hydrogens (tertiary/aromatic N) is 1. The number of alkyl halides is 3. The van der Waals surface area contributed by atoms with Crippen LogP contribution in [0.15, 0.2) is 0 Å². The molecule has 2 N–H and O–H groups in total. The molecule has 18 heavy (non-hydrogen) atoms. The zero-order valence-electron chi connectivity index (χ0n) is 11.4. The number of nitrogens with two attached hydrogens (primary N) is 1. The van der Waals surface area contributed by atoms with E-state index < -0.39 is 24.7 Å². The Labute approximate surface area is 107 Å². The molecule has 0 fully saturated rings. The lowest BCUT2D eigenvalue weighted by Gasteiger charge is -2.28. The molecule has 1 atom stereocenters. The number of hydrogen-bond acceptors (Lipinski definition) is 2. The minimum absolute atomic E-state index is 0.0254. The summed E-state index contributed by atoms with van der Waals surface area (Å²) in [7, 11) is 0. The molecule has 0 aliphatic rings. The van der Waals surface area contributed by atoms with Crippen LogP contribution in [-0.2, 0) is 4.79 Å². The van der Waals surface area contributed by atoms with Crippen LogP contribution in [0.3, 0.4) is 0 Å². The molecule has 108 valence electrons. The highest BCUT2D eigenvalue weighted by molar-refractivity contribution is 5.81. The van der Waals surface area contributed by atoms with Crippen LogP contribution in [0.25, 0.3) is 0 Å². The maximum atomic E-state index is 12.4. The van der Waals surface area contributed by atoms with E-state index in [0.717, 1.165) is 4.90 Å². The predicted molar refractivity (Wildman–Crippen MR) is 64.9 cm³/mol. The second-order valence-corrected chi connectivity index (χ2v) is 5.46. The first-order valence-corrected chi connectivity index (χ1v) is 6.14. The van der Waals surface area contributed by atoms with Gasteiger partial charge in [0.25, 0.3) is 0 Å². The highest BCUT2D eigenvalue weighted by Crippen LogP contribution is 2.18. The highest BCUT2D eigenvalue weighted by Gasteiger charge is 2.34. The van der Waals surface area contributed by atoms with E-state index in [9.17, 15) is 18.0 Å². The maximum absolute atomic E-state index is 12.4. The van der Waals surface area contributed by atoms with Crippen molar-refractivity contribution in [3.63, 3.8) is 0 Å². The molecule has 0 aliphatic heterocycles. The monoisotopic (exact) mass is 268 g/mol. The van der Waals surface area contributed by atoms with Gasteiger partial charge in [-0.25, -0.2) is 0 Å². The van der Waals surface area contributed by atoms with Gasteiger partial charge in [0.15, 0.2) is 0 Å². The van der Waals surface area contributed by atoms with Gasteiger partial charge in [-0.05, 0) is 18.3 Å². The summed E-state index contributed by atoms with van der Waals surface area (Å²) in [6.07, 6.45) is -3.99. The molecule has 0 bridgehead atoms. The second-order valence-electron chi connectivity index (χ2n) is 5.46. The smallest absolute Gasteiger partial charge is 0.332 e. The number of rotatable bonds is 6. The van der Waals surface area contributed by atoms with Gasteiger partial charge in [-0.15, -0.1) is 0 Å². The molecule has 0 radical (unpaired) electrons. The van der Waals surface area contributed by atoms with Crippen molar-refractivity contribution in [2.24, 2.45) is 17.6 Å². The molecule has 0 heterocycles. The normalized spacial score (nSPS) is 14.1. The fourth-order valence-electron chi connectivity index (χ4n) is 1.73. The van der Waals surface area contributed by atoms with Gasteiger partial charge in [0.1, 0.15) is 6.54 Å².